The first-order valence-corrected chi connectivity index (χ1v) is 8.03. The van der Waals surface area contributed by atoms with Crippen molar-refractivity contribution in [2.45, 2.75) is 19.8 Å². The number of anilines is 1. The van der Waals surface area contributed by atoms with Gasteiger partial charge in [0.05, 0.1) is 6.61 Å². The predicted molar refractivity (Wildman–Crippen MR) is 89.4 cm³/mol. The molecule has 1 aromatic rings. The van der Waals surface area contributed by atoms with Crippen LogP contribution in [0.5, 0.6) is 0 Å². The molecule has 1 atom stereocenters. The van der Waals surface area contributed by atoms with Crippen molar-refractivity contribution in [1.29, 1.82) is 0 Å². The van der Waals surface area contributed by atoms with Crippen LogP contribution in [0, 0.1) is 5.92 Å². The van der Waals surface area contributed by atoms with Crippen molar-refractivity contribution < 1.29 is 14.3 Å². The Labute approximate surface area is 137 Å². The monoisotopic (exact) mass is 319 g/mol. The molecule has 6 heteroatoms. The molecule has 0 aromatic heterocycles. The lowest BCUT2D eigenvalue weighted by Gasteiger charge is -2.16. The van der Waals surface area contributed by atoms with Crippen molar-refractivity contribution in [2.24, 2.45) is 5.92 Å². The second-order valence-corrected chi connectivity index (χ2v) is 5.75. The van der Waals surface area contributed by atoms with Gasteiger partial charge in [0.2, 0.25) is 5.91 Å². The highest BCUT2D eigenvalue weighted by atomic mass is 16.5. The lowest BCUT2D eigenvalue weighted by atomic mass is 10.1. The molecule has 126 valence electrons. The maximum Gasteiger partial charge on any atom is 0.319 e. The molecule has 1 aliphatic rings. The van der Waals surface area contributed by atoms with E-state index >= 15 is 0 Å². The highest BCUT2D eigenvalue weighted by molar-refractivity contribution is 5.90. The molecule has 23 heavy (non-hydrogen) atoms. The molecule has 1 aromatic carbocycles. The van der Waals surface area contributed by atoms with Crippen molar-refractivity contribution in [2.75, 3.05) is 38.7 Å². The van der Waals surface area contributed by atoms with E-state index in [2.05, 4.69) is 17.6 Å². The summed E-state index contributed by atoms with van der Waals surface area (Å²) in [7, 11) is 1.62. The van der Waals surface area contributed by atoms with Gasteiger partial charge in [0.1, 0.15) is 0 Å². The van der Waals surface area contributed by atoms with Gasteiger partial charge in [-0.15, -0.1) is 0 Å². The second-order valence-electron chi connectivity index (χ2n) is 5.75. The van der Waals surface area contributed by atoms with Gasteiger partial charge in [0.15, 0.2) is 0 Å². The van der Waals surface area contributed by atoms with E-state index in [4.69, 9.17) is 4.74 Å². The van der Waals surface area contributed by atoms with Crippen LogP contribution in [0.15, 0.2) is 24.3 Å². The standard InChI is InChI=1S/C17H25N3O3/c1-3-14-6-4-5-7-15(14)19-17(22)18-11-13-10-16(21)20(12-13)8-9-23-2/h4-7,13H,3,8-12H2,1-2H3,(H2,18,19,22). The Morgan fingerprint density at radius 3 is 2.91 bits per heavy atom. The summed E-state index contributed by atoms with van der Waals surface area (Å²) in [5.41, 5.74) is 1.93. The SMILES string of the molecule is CCc1ccccc1NC(=O)NCC1CC(=O)N(CCOC)C1. The fourth-order valence-electron chi connectivity index (χ4n) is 2.76. The van der Waals surface area contributed by atoms with Gasteiger partial charge >= 0.3 is 6.03 Å². The summed E-state index contributed by atoms with van der Waals surface area (Å²) in [6, 6.07) is 7.52. The Morgan fingerprint density at radius 1 is 1.39 bits per heavy atom. The molecule has 1 saturated heterocycles. The molecule has 0 bridgehead atoms. The van der Waals surface area contributed by atoms with E-state index < -0.39 is 0 Å². The topological polar surface area (TPSA) is 70.7 Å². The van der Waals surface area contributed by atoms with Gasteiger partial charge in [0.25, 0.3) is 0 Å². The van der Waals surface area contributed by atoms with Crippen LogP contribution in [-0.4, -0.2) is 50.2 Å². The van der Waals surface area contributed by atoms with Gasteiger partial charge in [-0.25, -0.2) is 4.79 Å². The van der Waals surface area contributed by atoms with E-state index in [1.807, 2.05) is 24.3 Å². The number of rotatable bonds is 7. The molecular formula is C17H25N3O3. The van der Waals surface area contributed by atoms with Gasteiger partial charge in [-0.2, -0.15) is 0 Å². The number of aryl methyl sites for hydroxylation is 1. The minimum absolute atomic E-state index is 0.130. The molecule has 1 aliphatic heterocycles. The normalized spacial score (nSPS) is 17.4. The number of nitrogens with zero attached hydrogens (tertiary/aromatic N) is 1. The number of methoxy groups -OCH3 is 1. The number of benzene rings is 1. The average Bonchev–Trinajstić information content (AvgIpc) is 2.91. The first kappa shape index (κ1) is 17.3. The Kier molecular flexibility index (Phi) is 6.40. The largest absolute Gasteiger partial charge is 0.383 e. The molecule has 2 rings (SSSR count). The van der Waals surface area contributed by atoms with Crippen molar-refractivity contribution >= 4 is 17.6 Å². The summed E-state index contributed by atoms with van der Waals surface area (Å²) in [4.78, 5) is 25.7. The summed E-state index contributed by atoms with van der Waals surface area (Å²) < 4.78 is 5.00. The van der Waals surface area contributed by atoms with Crippen LogP contribution in [0.4, 0.5) is 10.5 Å². The molecule has 0 aliphatic carbocycles. The zero-order chi connectivity index (χ0) is 16.7. The predicted octanol–water partition coefficient (Wildman–Crippen LogP) is 1.87. The zero-order valence-electron chi connectivity index (χ0n) is 13.8. The smallest absolute Gasteiger partial charge is 0.319 e. The van der Waals surface area contributed by atoms with Gasteiger partial charge < -0.3 is 20.3 Å². The van der Waals surface area contributed by atoms with Crippen LogP contribution < -0.4 is 10.6 Å². The number of urea groups is 1. The van der Waals surface area contributed by atoms with E-state index in [0.29, 0.717) is 32.7 Å². The van der Waals surface area contributed by atoms with E-state index in [1.165, 1.54) is 0 Å². The number of amides is 3. The fourth-order valence-corrected chi connectivity index (χ4v) is 2.76. The maximum atomic E-state index is 12.0. The van der Waals surface area contributed by atoms with Crippen LogP contribution in [0.1, 0.15) is 18.9 Å². The van der Waals surface area contributed by atoms with E-state index in [1.54, 1.807) is 12.0 Å². The number of ether oxygens (including phenoxy) is 1. The third-order valence-corrected chi connectivity index (χ3v) is 4.06. The molecule has 1 unspecified atom stereocenters. The zero-order valence-corrected chi connectivity index (χ0v) is 13.8. The molecule has 1 heterocycles. The minimum atomic E-state index is -0.228. The molecule has 3 amide bonds. The number of para-hydroxylation sites is 1. The molecule has 6 nitrogen and oxygen atoms in total. The summed E-state index contributed by atoms with van der Waals surface area (Å²) in [6.07, 6.45) is 1.34. The minimum Gasteiger partial charge on any atom is -0.383 e. The fraction of sp³-hybridized carbons (Fsp3) is 0.529. The molecule has 1 fully saturated rings. The Balaban J connectivity index is 1.78. The number of nitrogens with one attached hydrogen (secondary N) is 2. The van der Waals surface area contributed by atoms with Gasteiger partial charge in [-0.3, -0.25) is 4.79 Å². The van der Waals surface area contributed by atoms with E-state index in [-0.39, 0.29) is 17.9 Å². The Bertz CT molecular complexity index is 548. The lowest BCUT2D eigenvalue weighted by Crippen LogP contribution is -2.34. The van der Waals surface area contributed by atoms with Gasteiger partial charge in [0, 0.05) is 44.8 Å². The third-order valence-electron chi connectivity index (χ3n) is 4.06. The quantitative estimate of drug-likeness (QED) is 0.806. The summed E-state index contributed by atoms with van der Waals surface area (Å²) in [6.45, 7) is 4.38. The Hall–Kier alpha value is -2.08. The first-order chi connectivity index (χ1) is 11.1. The van der Waals surface area contributed by atoms with Gasteiger partial charge in [-0.05, 0) is 18.1 Å². The number of carbonyl (C=O) groups is 2. The molecule has 0 spiro atoms. The average molecular weight is 319 g/mol. The van der Waals surface area contributed by atoms with Crippen LogP contribution in [0.25, 0.3) is 0 Å². The first-order valence-electron chi connectivity index (χ1n) is 8.03. The molecular weight excluding hydrogens is 294 g/mol. The van der Waals surface area contributed by atoms with Crippen molar-refractivity contribution in [1.82, 2.24) is 10.2 Å². The van der Waals surface area contributed by atoms with Crippen LogP contribution in [-0.2, 0) is 16.0 Å². The van der Waals surface area contributed by atoms with Crippen LogP contribution in [0.2, 0.25) is 0 Å². The summed E-state index contributed by atoms with van der Waals surface area (Å²) >= 11 is 0. The van der Waals surface area contributed by atoms with E-state index in [0.717, 1.165) is 17.7 Å². The Morgan fingerprint density at radius 2 is 2.17 bits per heavy atom. The number of likely N-dealkylation sites (tertiary alicyclic amines) is 1. The maximum absolute atomic E-state index is 12.0. The van der Waals surface area contributed by atoms with Crippen molar-refractivity contribution in [3.8, 4) is 0 Å². The van der Waals surface area contributed by atoms with Crippen LogP contribution >= 0.6 is 0 Å². The number of hydrogen-bond donors (Lipinski definition) is 2. The highest BCUT2D eigenvalue weighted by Gasteiger charge is 2.29. The molecule has 0 radical (unpaired) electrons. The van der Waals surface area contributed by atoms with Crippen molar-refractivity contribution in [3.63, 3.8) is 0 Å². The number of hydrogen-bond acceptors (Lipinski definition) is 3. The third kappa shape index (κ3) is 4.96. The molecule has 0 saturated carbocycles. The summed E-state index contributed by atoms with van der Waals surface area (Å²) in [5.74, 6) is 0.289. The highest BCUT2D eigenvalue weighted by Crippen LogP contribution is 2.17. The second kappa shape index (κ2) is 8.53. The lowest BCUT2D eigenvalue weighted by molar-refractivity contribution is -0.128. The number of carbonyl (C=O) groups excluding carboxylic acids is 2. The summed E-state index contributed by atoms with van der Waals surface area (Å²) in [5, 5.41) is 5.73. The molecule has 2 N–H and O–H groups in total. The van der Waals surface area contributed by atoms with Crippen molar-refractivity contribution in [3.05, 3.63) is 29.8 Å². The van der Waals surface area contributed by atoms with Crippen LogP contribution in [0.3, 0.4) is 0 Å². The van der Waals surface area contributed by atoms with Gasteiger partial charge in [-0.1, -0.05) is 25.1 Å². The van der Waals surface area contributed by atoms with E-state index in [9.17, 15) is 9.59 Å².